The van der Waals surface area contributed by atoms with Crippen LogP contribution >= 0.6 is 11.6 Å². The number of pyridine rings is 1. The molecule has 0 aliphatic carbocycles. The molecule has 0 spiro atoms. The molecule has 3 aromatic carbocycles. The highest BCUT2D eigenvalue weighted by Crippen LogP contribution is 2.28. The molecule has 168 valence electrons. The molecular formula is C28H29ClN4. The standard InChI is InChI=1S/C28H29ClN4/c1-20-3-10-28(21(2)17-20)33-15-13-32(14-16-33)19-22-4-7-24(8-5-22)31-26-11-12-30-27-18-23(29)6-9-25(26)27/h3-12,17-18H,13-16,19H2,1-2H3,(H,30,31). The Kier molecular flexibility index (Phi) is 6.21. The summed E-state index contributed by atoms with van der Waals surface area (Å²) in [5, 5.41) is 5.29. The predicted octanol–water partition coefficient (Wildman–Crippen LogP) is 6.57. The summed E-state index contributed by atoms with van der Waals surface area (Å²) in [5.74, 6) is 0. The van der Waals surface area contributed by atoms with Gasteiger partial charge < -0.3 is 10.2 Å². The fourth-order valence-corrected chi connectivity index (χ4v) is 4.81. The van der Waals surface area contributed by atoms with Gasteiger partial charge >= 0.3 is 0 Å². The average molecular weight is 457 g/mol. The van der Waals surface area contributed by atoms with Gasteiger partial charge in [-0.25, -0.2) is 0 Å². The molecule has 0 bridgehead atoms. The van der Waals surface area contributed by atoms with Gasteiger partial charge in [0.05, 0.1) is 5.52 Å². The van der Waals surface area contributed by atoms with E-state index in [2.05, 4.69) is 76.4 Å². The van der Waals surface area contributed by atoms with Crippen LogP contribution in [0, 0.1) is 13.8 Å². The van der Waals surface area contributed by atoms with E-state index in [1.54, 1.807) is 0 Å². The quantitative estimate of drug-likeness (QED) is 0.368. The smallest absolute Gasteiger partial charge is 0.0737 e. The molecule has 5 heteroatoms. The van der Waals surface area contributed by atoms with E-state index < -0.39 is 0 Å². The van der Waals surface area contributed by atoms with Crippen LogP contribution in [0.2, 0.25) is 5.02 Å². The number of fused-ring (bicyclic) bond motifs is 1. The lowest BCUT2D eigenvalue weighted by atomic mass is 10.1. The molecule has 33 heavy (non-hydrogen) atoms. The van der Waals surface area contributed by atoms with Crippen molar-refractivity contribution in [1.82, 2.24) is 9.88 Å². The van der Waals surface area contributed by atoms with Crippen LogP contribution in [0.4, 0.5) is 17.1 Å². The molecule has 1 aliphatic heterocycles. The summed E-state index contributed by atoms with van der Waals surface area (Å²) in [6, 6.07) is 23.3. The zero-order chi connectivity index (χ0) is 22.8. The van der Waals surface area contributed by atoms with E-state index in [0.29, 0.717) is 5.02 Å². The van der Waals surface area contributed by atoms with E-state index in [1.807, 2.05) is 30.5 Å². The average Bonchev–Trinajstić information content (AvgIpc) is 2.81. The van der Waals surface area contributed by atoms with Crippen LogP contribution in [0.25, 0.3) is 10.9 Å². The van der Waals surface area contributed by atoms with Gasteiger partial charge in [-0.05, 0) is 67.4 Å². The minimum absolute atomic E-state index is 0.700. The van der Waals surface area contributed by atoms with Gasteiger partial charge in [0.25, 0.3) is 0 Å². The molecule has 4 nitrogen and oxygen atoms in total. The Morgan fingerprint density at radius 2 is 1.67 bits per heavy atom. The second-order valence-electron chi connectivity index (χ2n) is 8.90. The highest BCUT2D eigenvalue weighted by molar-refractivity contribution is 6.31. The zero-order valence-corrected chi connectivity index (χ0v) is 19.9. The van der Waals surface area contributed by atoms with Crippen molar-refractivity contribution >= 4 is 39.6 Å². The van der Waals surface area contributed by atoms with Gasteiger partial charge in [0.1, 0.15) is 0 Å². The van der Waals surface area contributed by atoms with E-state index in [0.717, 1.165) is 55.0 Å². The van der Waals surface area contributed by atoms with Crippen molar-refractivity contribution in [2.75, 3.05) is 36.4 Å². The SMILES string of the molecule is Cc1ccc(N2CCN(Cc3ccc(Nc4ccnc5cc(Cl)ccc45)cc3)CC2)c(C)c1. The van der Waals surface area contributed by atoms with Gasteiger partial charge in [0.2, 0.25) is 0 Å². The van der Waals surface area contributed by atoms with E-state index in [9.17, 15) is 0 Å². The number of benzene rings is 3. The van der Waals surface area contributed by atoms with Crippen LogP contribution in [0.15, 0.2) is 72.9 Å². The number of rotatable bonds is 5. The first-order valence-corrected chi connectivity index (χ1v) is 11.9. The molecule has 1 saturated heterocycles. The van der Waals surface area contributed by atoms with Crippen molar-refractivity contribution in [3.05, 3.63) is 94.6 Å². The molecule has 5 rings (SSSR count). The Morgan fingerprint density at radius 1 is 0.879 bits per heavy atom. The van der Waals surface area contributed by atoms with Crippen molar-refractivity contribution in [3.63, 3.8) is 0 Å². The van der Waals surface area contributed by atoms with Crippen molar-refractivity contribution in [3.8, 4) is 0 Å². The second-order valence-corrected chi connectivity index (χ2v) is 9.33. The molecule has 1 N–H and O–H groups in total. The molecule has 1 aliphatic rings. The lowest BCUT2D eigenvalue weighted by Gasteiger charge is -2.37. The fourth-order valence-electron chi connectivity index (χ4n) is 4.64. The van der Waals surface area contributed by atoms with E-state index >= 15 is 0 Å². The molecule has 1 aromatic heterocycles. The fraction of sp³-hybridized carbons (Fsp3) is 0.250. The van der Waals surface area contributed by atoms with Gasteiger partial charge in [-0.2, -0.15) is 0 Å². The first-order valence-electron chi connectivity index (χ1n) is 11.5. The molecule has 0 saturated carbocycles. The molecular weight excluding hydrogens is 428 g/mol. The minimum Gasteiger partial charge on any atom is -0.369 e. The molecule has 0 radical (unpaired) electrons. The number of aryl methyl sites for hydroxylation is 2. The van der Waals surface area contributed by atoms with Gasteiger partial charge in [0, 0.05) is 66.4 Å². The number of aromatic nitrogens is 1. The third-order valence-electron chi connectivity index (χ3n) is 6.41. The third kappa shape index (κ3) is 4.97. The summed E-state index contributed by atoms with van der Waals surface area (Å²) in [7, 11) is 0. The summed E-state index contributed by atoms with van der Waals surface area (Å²) in [6.07, 6.45) is 1.81. The normalized spacial score (nSPS) is 14.6. The summed E-state index contributed by atoms with van der Waals surface area (Å²) in [5.41, 5.74) is 8.41. The summed E-state index contributed by atoms with van der Waals surface area (Å²) >= 11 is 6.11. The van der Waals surface area contributed by atoms with Crippen molar-refractivity contribution < 1.29 is 0 Å². The summed E-state index contributed by atoms with van der Waals surface area (Å²) < 4.78 is 0. The van der Waals surface area contributed by atoms with Crippen LogP contribution in [0.1, 0.15) is 16.7 Å². The largest absolute Gasteiger partial charge is 0.369 e. The lowest BCUT2D eigenvalue weighted by molar-refractivity contribution is 0.250. The molecule has 1 fully saturated rings. The van der Waals surface area contributed by atoms with Crippen LogP contribution in [-0.2, 0) is 6.54 Å². The molecule has 2 heterocycles. The maximum Gasteiger partial charge on any atom is 0.0737 e. The first-order chi connectivity index (χ1) is 16.0. The van der Waals surface area contributed by atoms with Crippen LogP contribution in [0.3, 0.4) is 0 Å². The third-order valence-corrected chi connectivity index (χ3v) is 6.64. The van der Waals surface area contributed by atoms with Gasteiger partial charge in [0.15, 0.2) is 0 Å². The zero-order valence-electron chi connectivity index (χ0n) is 19.2. The van der Waals surface area contributed by atoms with E-state index in [1.165, 1.54) is 22.4 Å². The molecule has 0 amide bonds. The number of nitrogens with one attached hydrogen (secondary N) is 1. The second kappa shape index (κ2) is 9.42. The lowest BCUT2D eigenvalue weighted by Crippen LogP contribution is -2.46. The minimum atomic E-state index is 0.700. The summed E-state index contributed by atoms with van der Waals surface area (Å²) in [4.78, 5) is 9.49. The Hall–Kier alpha value is -3.08. The van der Waals surface area contributed by atoms with Crippen molar-refractivity contribution in [2.45, 2.75) is 20.4 Å². The number of nitrogens with zero attached hydrogens (tertiary/aromatic N) is 3. The Balaban J connectivity index is 1.20. The number of hydrogen-bond acceptors (Lipinski definition) is 4. The molecule has 4 aromatic rings. The maximum absolute atomic E-state index is 6.11. The predicted molar refractivity (Wildman–Crippen MR) is 140 cm³/mol. The molecule has 0 atom stereocenters. The van der Waals surface area contributed by atoms with Crippen LogP contribution < -0.4 is 10.2 Å². The Bertz CT molecular complexity index is 1260. The topological polar surface area (TPSA) is 31.4 Å². The monoisotopic (exact) mass is 456 g/mol. The molecule has 0 unspecified atom stereocenters. The van der Waals surface area contributed by atoms with Gasteiger partial charge in [-0.1, -0.05) is 41.4 Å². The number of piperazine rings is 1. The Labute approximate surface area is 200 Å². The van der Waals surface area contributed by atoms with Crippen molar-refractivity contribution in [2.24, 2.45) is 0 Å². The summed E-state index contributed by atoms with van der Waals surface area (Å²) in [6.45, 7) is 9.67. The maximum atomic E-state index is 6.11. The number of halogens is 1. The Morgan fingerprint density at radius 3 is 2.42 bits per heavy atom. The van der Waals surface area contributed by atoms with Crippen LogP contribution in [0.5, 0.6) is 0 Å². The van der Waals surface area contributed by atoms with E-state index in [-0.39, 0.29) is 0 Å². The van der Waals surface area contributed by atoms with Crippen LogP contribution in [-0.4, -0.2) is 36.1 Å². The number of hydrogen-bond donors (Lipinski definition) is 1. The highest BCUT2D eigenvalue weighted by atomic mass is 35.5. The van der Waals surface area contributed by atoms with E-state index in [4.69, 9.17) is 11.6 Å². The highest BCUT2D eigenvalue weighted by Gasteiger charge is 2.18. The van der Waals surface area contributed by atoms with Gasteiger partial charge in [-0.3, -0.25) is 9.88 Å². The van der Waals surface area contributed by atoms with Gasteiger partial charge in [-0.15, -0.1) is 0 Å². The van der Waals surface area contributed by atoms with Crippen molar-refractivity contribution in [1.29, 1.82) is 0 Å². The number of anilines is 3. The first kappa shape index (κ1) is 21.7.